The second-order valence-electron chi connectivity index (χ2n) is 32.0. The molecule has 648 valence electrons. The maximum Gasteiger partial charge on any atom is 0.312 e. The zero-order valence-electron chi connectivity index (χ0n) is 69.0. The molecule has 3 heterocycles. The molecule has 11 atom stereocenters. The molecule has 0 spiro atoms. The van der Waals surface area contributed by atoms with Crippen molar-refractivity contribution in [3.8, 4) is 0 Å². The minimum Gasteiger partial charge on any atom is -0.437 e. The smallest absolute Gasteiger partial charge is 0.312 e. The summed E-state index contributed by atoms with van der Waals surface area (Å²) in [7, 11) is 5.52. The summed E-state index contributed by atoms with van der Waals surface area (Å²) in [5, 5.41) is 51.8. The number of fused-ring (bicyclic) bond motifs is 1. The summed E-state index contributed by atoms with van der Waals surface area (Å²) >= 11 is 6.27. The number of quaternary nitrogens is 1. The molecule has 17 amide bonds. The Bertz CT molecular complexity index is 4650. The molecule has 35 nitrogen and oxygen atoms in total. The van der Waals surface area contributed by atoms with Crippen LogP contribution in [0.15, 0.2) is 140 Å². The Balaban J connectivity index is 1.11. The number of likely N-dealkylation sites (tertiary alicyclic amines) is 1. The van der Waals surface area contributed by atoms with Crippen molar-refractivity contribution in [2.45, 2.75) is 184 Å². The summed E-state index contributed by atoms with van der Waals surface area (Å²) in [6, 6.07) is 16.9. The molecule has 36 heteroatoms. The van der Waals surface area contributed by atoms with Crippen molar-refractivity contribution in [1.82, 2.24) is 68.4 Å². The summed E-state index contributed by atoms with van der Waals surface area (Å²) in [5.74, 6) is -11.0. The Kier molecular flexibility index (Phi) is 35.0. The Morgan fingerprint density at radius 2 is 1.04 bits per heavy atom. The number of rotatable bonds is 43. The fraction of sp³-hybridized carbons (Fsp3) is 0.435. The number of unbranched alkanes of at least 4 members (excludes halogenated alkanes) is 1. The van der Waals surface area contributed by atoms with Gasteiger partial charge in [0.1, 0.15) is 66.3 Å². The van der Waals surface area contributed by atoms with Gasteiger partial charge >= 0.3 is 6.03 Å². The molecule has 121 heavy (non-hydrogen) atoms. The predicted octanol–water partition coefficient (Wildman–Crippen LogP) is 1.99. The van der Waals surface area contributed by atoms with E-state index in [1.807, 2.05) is 71.4 Å². The molecule has 8 rings (SSSR count). The normalized spacial score (nSPS) is 16.1. The maximum atomic E-state index is 15.6. The van der Waals surface area contributed by atoms with E-state index in [1.165, 1.54) is 48.5 Å². The topological polar surface area (TPSA) is 515 Å². The SMILES string of the molecule is CC(C)C[C@H](NC(=O)[C@@H](Cc1ccc(NC(=O)C[N+](C)(C)C)cc1)NC(=O)[C@H](Cc1ccc(NC(=O)C2CC(=O)[N-]C(=O)N2)cc1)NC(=O)[C@H](CO)NC(=O)[C@@H](Cc1cccnc1)NC(=O)[C@@H](Cc1ccc(Cl)cc1)NC(=O)[C@@H](Cc1ccc2ccccc2c1)NC(N)=O)C(=O)N[C@@H](CCCCNC(C)C)C(=O)N1CCC[C@H]1C(=O)N[C@H](C)C(N)=O. The van der Waals surface area contributed by atoms with Crippen LogP contribution in [0.5, 0.6) is 0 Å². The third-order valence-electron chi connectivity index (χ3n) is 20.0. The van der Waals surface area contributed by atoms with Crippen LogP contribution in [0.2, 0.25) is 5.02 Å². The van der Waals surface area contributed by atoms with E-state index in [0.29, 0.717) is 63.3 Å². The number of nitrogens with zero attached hydrogens (tertiary/aromatic N) is 4. The van der Waals surface area contributed by atoms with Gasteiger partial charge in [0.2, 0.25) is 65.0 Å². The maximum absolute atomic E-state index is 15.6. The van der Waals surface area contributed by atoms with E-state index < -0.39 is 169 Å². The zero-order chi connectivity index (χ0) is 88.2. The van der Waals surface area contributed by atoms with E-state index in [-0.39, 0.29) is 87.2 Å². The quantitative estimate of drug-likeness (QED) is 0.0192. The van der Waals surface area contributed by atoms with Crippen LogP contribution in [0.25, 0.3) is 16.1 Å². The van der Waals surface area contributed by atoms with Gasteiger partial charge in [-0.3, -0.25) is 72.1 Å². The number of halogens is 1. The molecule has 2 aliphatic heterocycles. The molecule has 1 aromatic heterocycles. The number of carbonyl (C=O) groups excluding carboxylic acids is 15. The minimum atomic E-state index is -1.93. The second kappa shape index (κ2) is 45.1. The molecule has 2 fully saturated rings. The average Bonchev–Trinajstić information content (AvgIpc) is 1.81. The van der Waals surface area contributed by atoms with Crippen LogP contribution in [0, 0.1) is 5.92 Å². The number of aromatic nitrogens is 1. The number of carbonyl (C=O) groups is 15. The number of benzene rings is 5. The Morgan fingerprint density at radius 3 is 1.55 bits per heavy atom. The van der Waals surface area contributed by atoms with Gasteiger partial charge < -0.3 is 100 Å². The van der Waals surface area contributed by atoms with Gasteiger partial charge in [0.05, 0.1) is 27.7 Å². The molecule has 2 saturated heterocycles. The average molecular weight is 1690 g/mol. The van der Waals surface area contributed by atoms with E-state index in [0.717, 1.165) is 10.8 Å². The lowest BCUT2D eigenvalue weighted by molar-refractivity contribution is -0.861. The first-order valence-corrected chi connectivity index (χ1v) is 40.5. The molecule has 0 bridgehead atoms. The fourth-order valence-corrected chi connectivity index (χ4v) is 13.9. The molecule has 0 saturated carbocycles. The molecule has 2 aliphatic rings. The predicted molar refractivity (Wildman–Crippen MR) is 452 cm³/mol. The number of hydrogen-bond donors (Lipinski definition) is 16. The van der Waals surface area contributed by atoms with Gasteiger partial charge in [0.25, 0.3) is 5.91 Å². The largest absolute Gasteiger partial charge is 0.437 e. The highest BCUT2D eigenvalue weighted by atomic mass is 35.5. The summed E-state index contributed by atoms with van der Waals surface area (Å²) in [6.45, 7) is 8.64. The highest BCUT2D eigenvalue weighted by Gasteiger charge is 2.41. The van der Waals surface area contributed by atoms with Gasteiger partial charge in [-0.1, -0.05) is 124 Å². The van der Waals surface area contributed by atoms with Crippen LogP contribution < -0.4 is 80.6 Å². The number of primary amides is 2. The number of nitrogens with two attached hydrogens (primary N) is 2. The molecule has 0 aliphatic carbocycles. The molecule has 18 N–H and O–H groups in total. The Labute approximate surface area is 706 Å². The van der Waals surface area contributed by atoms with Crippen molar-refractivity contribution in [2.75, 3.05) is 58.0 Å². The minimum absolute atomic E-state index is 0.0251. The van der Waals surface area contributed by atoms with Gasteiger partial charge in [-0.25, -0.2) is 4.79 Å². The van der Waals surface area contributed by atoms with Gasteiger partial charge in [-0.15, -0.1) is 0 Å². The van der Waals surface area contributed by atoms with Crippen molar-refractivity contribution in [3.05, 3.63) is 178 Å². The molecule has 6 aromatic rings. The van der Waals surface area contributed by atoms with Crippen LogP contribution in [-0.2, 0) is 94.4 Å². The van der Waals surface area contributed by atoms with Gasteiger partial charge in [-0.05, 0) is 139 Å². The number of hydrogen-bond acceptors (Lipinski definition) is 18. The Hall–Kier alpha value is -12.5. The first-order chi connectivity index (χ1) is 57.5. The number of nitrogens with one attached hydrogen (secondary N) is 13. The third kappa shape index (κ3) is 30.4. The highest BCUT2D eigenvalue weighted by molar-refractivity contribution is 6.30. The number of amides is 17. The highest BCUT2D eigenvalue weighted by Crippen LogP contribution is 2.24. The number of anilines is 2. The van der Waals surface area contributed by atoms with Crippen LogP contribution in [-0.4, -0.2) is 228 Å². The van der Waals surface area contributed by atoms with Gasteiger partial charge in [0, 0.05) is 85.9 Å². The number of pyridine rings is 1. The van der Waals surface area contributed by atoms with Gasteiger partial charge in [-0.2, -0.15) is 0 Å². The second-order valence-corrected chi connectivity index (χ2v) is 32.4. The number of urea groups is 2. The summed E-state index contributed by atoms with van der Waals surface area (Å²) < 4.78 is 0.311. The molecule has 1 unspecified atom stereocenters. The van der Waals surface area contributed by atoms with E-state index >= 15 is 28.8 Å². The number of imide groups is 1. The van der Waals surface area contributed by atoms with Crippen LogP contribution >= 0.6 is 11.6 Å². The number of likely N-dealkylation sites (N-methyl/N-ethyl adjacent to an activating group) is 1. The number of aliphatic hydroxyl groups excluding tert-OH is 1. The van der Waals surface area contributed by atoms with E-state index in [1.54, 1.807) is 80.6 Å². The van der Waals surface area contributed by atoms with Crippen LogP contribution in [0.4, 0.5) is 21.0 Å². The first kappa shape index (κ1) is 94.0. The molecular weight excluding hydrogens is 1580 g/mol. The zero-order valence-corrected chi connectivity index (χ0v) is 69.7. The number of aliphatic hydroxyl groups is 1. The Morgan fingerprint density at radius 1 is 0.554 bits per heavy atom. The standard InChI is InChI=1S/C85H110ClN19O16/c1-48(2)37-62(75(111)94-61(18-11-12-35-90-49(3)4)83(119)104-36-14-19-70(104)82(118)91-50(5)73(87)109)95-76(112)64(40-52-23-30-59(31-24-52)92-72(108)46-105(6,7)8)96-78(114)65(41-53-25-32-60(33-26-53)93-74(110)68-44-71(107)103-85(121)102-68)99-81(117)69(47-106)100-79(115)66(43-55-15-13-34-89-45-55)98-77(113)63(39-51-21-28-58(86)29-22-51)97-80(116)67(101-84(88)120)42-54-20-27-56-16-9-10-17-57(56)38-54/h9-10,13,15-17,20-34,38,45,48-50,61-70,90,106H,11-12,14,18-19,35-37,39-44,46-47H2,1-8H3,(H16-,87,88,91,92,93,94,95,96,97,98,99,100,101,102,103,107,108,109,110,111,112,113,114,115,116,117,118,120,121)/t50-,61+,62+,63-,64-,65+,66-,67-,68?,69+,70+/m1/s1. The fourth-order valence-electron chi connectivity index (χ4n) is 13.7. The summed E-state index contributed by atoms with van der Waals surface area (Å²) in [5.41, 5.74) is 13.9. The molecule has 0 radical (unpaired) electrons. The van der Waals surface area contributed by atoms with E-state index in [9.17, 15) is 48.3 Å². The van der Waals surface area contributed by atoms with Crippen LogP contribution in [0.1, 0.15) is 107 Å². The van der Waals surface area contributed by atoms with Crippen molar-refractivity contribution in [3.63, 3.8) is 0 Å². The summed E-state index contributed by atoms with van der Waals surface area (Å²) in [4.78, 5) is 215. The van der Waals surface area contributed by atoms with Crippen molar-refractivity contribution >= 4 is 123 Å². The van der Waals surface area contributed by atoms with Gasteiger partial charge in [0.15, 0.2) is 12.6 Å². The first-order valence-electron chi connectivity index (χ1n) is 40.1. The van der Waals surface area contributed by atoms with Crippen molar-refractivity contribution < 1.29 is 81.5 Å². The van der Waals surface area contributed by atoms with E-state index in [4.69, 9.17) is 23.1 Å². The van der Waals surface area contributed by atoms with E-state index in [2.05, 4.69) is 79.4 Å². The van der Waals surface area contributed by atoms with Crippen molar-refractivity contribution in [1.29, 1.82) is 0 Å². The van der Waals surface area contributed by atoms with Crippen molar-refractivity contribution in [2.24, 2.45) is 17.4 Å². The lowest BCUT2D eigenvalue weighted by Gasteiger charge is -2.31. The lowest BCUT2D eigenvalue weighted by atomic mass is 9.99. The van der Waals surface area contributed by atoms with Crippen LogP contribution in [0.3, 0.4) is 0 Å². The molecule has 5 aromatic carbocycles. The lowest BCUT2D eigenvalue weighted by Crippen LogP contribution is -2.62. The third-order valence-corrected chi connectivity index (χ3v) is 20.2. The molecular formula is C85H110ClN19O16. The summed E-state index contributed by atoms with van der Waals surface area (Å²) in [6.07, 6.45) is 2.87. The monoisotopic (exact) mass is 1690 g/mol.